The van der Waals surface area contributed by atoms with Gasteiger partial charge >= 0.3 is 11.8 Å². The van der Waals surface area contributed by atoms with Crippen LogP contribution in [-0.4, -0.2) is 38.1 Å². The molecule has 0 radical (unpaired) electrons. The minimum Gasteiger partial charge on any atom is -0.490 e. The summed E-state index contributed by atoms with van der Waals surface area (Å²) in [6.07, 6.45) is 1.41. The van der Waals surface area contributed by atoms with E-state index in [-0.39, 0.29) is 0 Å². The molecule has 0 spiro atoms. The summed E-state index contributed by atoms with van der Waals surface area (Å²) in [7, 11) is 0. The molecule has 1 rings (SSSR count). The minimum absolute atomic E-state index is 0.387. The summed E-state index contributed by atoms with van der Waals surface area (Å²) in [6.45, 7) is 7.78. The van der Waals surface area contributed by atoms with E-state index in [0.29, 0.717) is 44.2 Å². The van der Waals surface area contributed by atoms with Crippen LogP contribution in [-0.2, 0) is 16.0 Å². The molecule has 23 heavy (non-hydrogen) atoms. The molecule has 0 aliphatic heterocycles. The summed E-state index contributed by atoms with van der Waals surface area (Å²) in [4.78, 5) is 23.0. The van der Waals surface area contributed by atoms with Crippen molar-refractivity contribution in [2.75, 3.05) is 26.3 Å². The topological polar surface area (TPSA) is 76.7 Å². The maximum atomic E-state index is 11.6. The van der Waals surface area contributed by atoms with Crippen LogP contribution in [0.25, 0.3) is 0 Å². The van der Waals surface area contributed by atoms with Crippen LogP contribution in [0.15, 0.2) is 18.2 Å². The third kappa shape index (κ3) is 6.59. The molecule has 2 N–H and O–H groups in total. The van der Waals surface area contributed by atoms with E-state index in [4.69, 9.17) is 9.47 Å². The molecule has 0 unspecified atom stereocenters. The second-order valence-electron chi connectivity index (χ2n) is 4.91. The van der Waals surface area contributed by atoms with Gasteiger partial charge in [0.05, 0.1) is 13.2 Å². The lowest BCUT2D eigenvalue weighted by atomic mass is 10.1. The molecule has 1 aromatic carbocycles. The van der Waals surface area contributed by atoms with Crippen molar-refractivity contribution >= 4 is 11.8 Å². The van der Waals surface area contributed by atoms with Crippen molar-refractivity contribution in [3.8, 4) is 11.5 Å². The van der Waals surface area contributed by atoms with Crippen LogP contribution >= 0.6 is 0 Å². The van der Waals surface area contributed by atoms with Gasteiger partial charge in [0.15, 0.2) is 11.5 Å². The van der Waals surface area contributed by atoms with Gasteiger partial charge in [-0.25, -0.2) is 0 Å². The van der Waals surface area contributed by atoms with Gasteiger partial charge in [0.2, 0.25) is 0 Å². The molecule has 128 valence electrons. The van der Waals surface area contributed by atoms with Gasteiger partial charge in [-0.15, -0.1) is 0 Å². The van der Waals surface area contributed by atoms with Crippen LogP contribution in [0.1, 0.15) is 32.8 Å². The zero-order chi connectivity index (χ0) is 17.1. The molecule has 0 saturated carbocycles. The lowest BCUT2D eigenvalue weighted by molar-refractivity contribution is -0.139. The Kier molecular flexibility index (Phi) is 8.57. The van der Waals surface area contributed by atoms with Crippen molar-refractivity contribution in [1.29, 1.82) is 0 Å². The van der Waals surface area contributed by atoms with E-state index >= 15 is 0 Å². The summed E-state index contributed by atoms with van der Waals surface area (Å²) in [6, 6.07) is 5.69. The van der Waals surface area contributed by atoms with Gasteiger partial charge < -0.3 is 20.1 Å². The Bertz CT molecular complexity index is 517. The maximum Gasteiger partial charge on any atom is 0.309 e. The fourth-order valence-corrected chi connectivity index (χ4v) is 1.97. The maximum absolute atomic E-state index is 11.6. The molecule has 0 atom stereocenters. The number of rotatable bonds is 9. The molecule has 2 amide bonds. The average molecular weight is 322 g/mol. The second kappa shape index (κ2) is 10.5. The lowest BCUT2D eigenvalue weighted by Gasteiger charge is -2.12. The molecule has 6 heteroatoms. The summed E-state index contributed by atoms with van der Waals surface area (Å²) < 4.78 is 11.1. The fourth-order valence-electron chi connectivity index (χ4n) is 1.97. The summed E-state index contributed by atoms with van der Waals surface area (Å²) in [5.41, 5.74) is 1.01. The normalized spacial score (nSPS) is 10.0. The van der Waals surface area contributed by atoms with E-state index in [1.165, 1.54) is 0 Å². The van der Waals surface area contributed by atoms with Crippen molar-refractivity contribution in [2.45, 2.75) is 33.6 Å². The standard InChI is InChI=1S/C17H26N2O4/c1-4-10-18-16(20)17(21)19-11-9-13-7-8-14(22-5-2)15(12-13)23-6-3/h7-8,12H,4-6,9-11H2,1-3H3,(H,18,20)(H,19,21). The van der Waals surface area contributed by atoms with Gasteiger partial charge in [0, 0.05) is 13.1 Å². The number of amides is 2. The molecule has 0 saturated heterocycles. The van der Waals surface area contributed by atoms with Gasteiger partial charge in [-0.1, -0.05) is 13.0 Å². The van der Waals surface area contributed by atoms with E-state index in [9.17, 15) is 9.59 Å². The third-order valence-corrected chi connectivity index (χ3v) is 3.05. The number of hydrogen-bond donors (Lipinski definition) is 2. The Balaban J connectivity index is 2.52. The predicted molar refractivity (Wildman–Crippen MR) is 88.8 cm³/mol. The van der Waals surface area contributed by atoms with E-state index in [1.54, 1.807) is 0 Å². The molecule has 0 aromatic heterocycles. The van der Waals surface area contributed by atoms with Crippen LogP contribution in [0.2, 0.25) is 0 Å². The predicted octanol–water partition coefficient (Wildman–Crippen LogP) is 1.67. The summed E-state index contributed by atoms with van der Waals surface area (Å²) >= 11 is 0. The quantitative estimate of drug-likeness (QED) is 0.678. The molecule has 0 heterocycles. The number of carbonyl (C=O) groups is 2. The van der Waals surface area contributed by atoms with Crippen LogP contribution < -0.4 is 20.1 Å². The van der Waals surface area contributed by atoms with E-state index < -0.39 is 11.8 Å². The Morgan fingerprint density at radius 1 is 0.913 bits per heavy atom. The Hall–Kier alpha value is -2.24. The van der Waals surface area contributed by atoms with Gasteiger partial charge in [0.1, 0.15) is 0 Å². The minimum atomic E-state index is -0.602. The van der Waals surface area contributed by atoms with E-state index in [0.717, 1.165) is 12.0 Å². The average Bonchev–Trinajstić information content (AvgIpc) is 2.55. The van der Waals surface area contributed by atoms with Crippen molar-refractivity contribution in [3.05, 3.63) is 23.8 Å². The summed E-state index contributed by atoms with van der Waals surface area (Å²) in [5.74, 6) is 0.211. The number of hydrogen-bond acceptors (Lipinski definition) is 4. The van der Waals surface area contributed by atoms with Crippen LogP contribution in [0.4, 0.5) is 0 Å². The Morgan fingerprint density at radius 3 is 2.13 bits per heavy atom. The first-order valence-corrected chi connectivity index (χ1v) is 8.06. The van der Waals surface area contributed by atoms with Crippen molar-refractivity contribution in [2.24, 2.45) is 0 Å². The molecule has 0 bridgehead atoms. The van der Waals surface area contributed by atoms with Crippen LogP contribution in [0.5, 0.6) is 11.5 Å². The van der Waals surface area contributed by atoms with Gasteiger partial charge in [-0.05, 0) is 44.4 Å². The lowest BCUT2D eigenvalue weighted by Crippen LogP contribution is -2.40. The van der Waals surface area contributed by atoms with Gasteiger partial charge in [-0.3, -0.25) is 9.59 Å². The number of ether oxygens (including phenoxy) is 2. The van der Waals surface area contributed by atoms with Crippen molar-refractivity contribution in [3.63, 3.8) is 0 Å². The van der Waals surface area contributed by atoms with Gasteiger partial charge in [-0.2, -0.15) is 0 Å². The van der Waals surface area contributed by atoms with Crippen molar-refractivity contribution in [1.82, 2.24) is 10.6 Å². The highest BCUT2D eigenvalue weighted by Crippen LogP contribution is 2.28. The first-order chi connectivity index (χ1) is 11.1. The smallest absolute Gasteiger partial charge is 0.309 e. The van der Waals surface area contributed by atoms with E-state index in [2.05, 4.69) is 10.6 Å². The largest absolute Gasteiger partial charge is 0.490 e. The highest BCUT2D eigenvalue weighted by atomic mass is 16.5. The van der Waals surface area contributed by atoms with Crippen molar-refractivity contribution < 1.29 is 19.1 Å². The first-order valence-electron chi connectivity index (χ1n) is 8.06. The zero-order valence-electron chi connectivity index (χ0n) is 14.1. The molecule has 0 aliphatic carbocycles. The van der Waals surface area contributed by atoms with Crippen LogP contribution in [0.3, 0.4) is 0 Å². The first kappa shape index (κ1) is 18.8. The number of benzene rings is 1. The molecular formula is C17H26N2O4. The molecule has 0 fully saturated rings. The van der Waals surface area contributed by atoms with E-state index in [1.807, 2.05) is 39.0 Å². The molecule has 1 aromatic rings. The third-order valence-electron chi connectivity index (χ3n) is 3.05. The number of carbonyl (C=O) groups excluding carboxylic acids is 2. The monoisotopic (exact) mass is 322 g/mol. The Morgan fingerprint density at radius 2 is 1.52 bits per heavy atom. The summed E-state index contributed by atoms with van der Waals surface area (Å²) in [5, 5.41) is 5.15. The molecule has 6 nitrogen and oxygen atoms in total. The Labute approximate surface area is 137 Å². The van der Waals surface area contributed by atoms with Crippen LogP contribution in [0, 0.1) is 0 Å². The fraction of sp³-hybridized carbons (Fsp3) is 0.529. The SMILES string of the molecule is CCCNC(=O)C(=O)NCCc1ccc(OCC)c(OCC)c1. The number of nitrogens with one attached hydrogen (secondary N) is 2. The highest BCUT2D eigenvalue weighted by Gasteiger charge is 2.12. The second-order valence-corrected chi connectivity index (χ2v) is 4.91. The molecular weight excluding hydrogens is 296 g/mol. The highest BCUT2D eigenvalue weighted by molar-refractivity contribution is 6.35. The molecule has 0 aliphatic rings. The van der Waals surface area contributed by atoms with Gasteiger partial charge in [0.25, 0.3) is 0 Å². The zero-order valence-corrected chi connectivity index (χ0v) is 14.1.